The molecule has 0 atom stereocenters. The molecule has 0 bridgehead atoms. The number of hydrogen-bond acceptors (Lipinski definition) is 4. The first-order valence-corrected chi connectivity index (χ1v) is 8.53. The number of pyridine rings is 1. The maximum Gasteiger partial charge on any atom is 0.269 e. The van der Waals surface area contributed by atoms with E-state index in [0.29, 0.717) is 22.6 Å². The molecule has 2 aromatic carbocycles. The fourth-order valence-electron chi connectivity index (χ4n) is 2.37. The van der Waals surface area contributed by atoms with Crippen molar-refractivity contribution in [2.24, 2.45) is 0 Å². The van der Waals surface area contributed by atoms with Gasteiger partial charge in [0, 0.05) is 23.5 Å². The van der Waals surface area contributed by atoms with Crippen molar-refractivity contribution in [3.8, 4) is 11.5 Å². The van der Waals surface area contributed by atoms with Crippen LogP contribution in [0.5, 0.6) is 11.5 Å². The van der Waals surface area contributed by atoms with Crippen LogP contribution in [0, 0.1) is 0 Å². The van der Waals surface area contributed by atoms with Crippen LogP contribution in [0.1, 0.15) is 33.2 Å². The van der Waals surface area contributed by atoms with Crippen molar-refractivity contribution in [3.05, 3.63) is 89.7 Å². The Labute approximate surface area is 157 Å². The first-order valence-electron chi connectivity index (χ1n) is 8.53. The smallest absolute Gasteiger partial charge is 0.269 e. The number of hydrazine groups is 1. The van der Waals surface area contributed by atoms with E-state index in [4.69, 9.17) is 4.74 Å². The number of benzene rings is 2. The lowest BCUT2D eigenvalue weighted by atomic mass is 10.1. The Hall–Kier alpha value is -3.67. The van der Waals surface area contributed by atoms with Crippen LogP contribution in [0.3, 0.4) is 0 Å². The summed E-state index contributed by atoms with van der Waals surface area (Å²) >= 11 is 0. The van der Waals surface area contributed by atoms with Gasteiger partial charge in [-0.1, -0.05) is 19.1 Å². The number of nitrogens with one attached hydrogen (secondary N) is 2. The number of carbonyl (C=O) groups is 2. The van der Waals surface area contributed by atoms with Crippen LogP contribution in [0.2, 0.25) is 0 Å². The minimum absolute atomic E-state index is 0.372. The van der Waals surface area contributed by atoms with Gasteiger partial charge in [-0.15, -0.1) is 0 Å². The summed E-state index contributed by atoms with van der Waals surface area (Å²) in [6, 6.07) is 17.3. The molecule has 2 N–H and O–H groups in total. The van der Waals surface area contributed by atoms with Gasteiger partial charge in [0.05, 0.1) is 0 Å². The summed E-state index contributed by atoms with van der Waals surface area (Å²) in [6.45, 7) is 2.04. The predicted octanol–water partition coefficient (Wildman–Crippen LogP) is 3.51. The number of carbonyl (C=O) groups excluding carboxylic acids is 2. The fraction of sp³-hybridized carbons (Fsp3) is 0.0952. The number of nitrogens with zero attached hydrogens (tertiary/aromatic N) is 1. The van der Waals surface area contributed by atoms with Crippen molar-refractivity contribution >= 4 is 11.8 Å². The number of rotatable bonds is 5. The monoisotopic (exact) mass is 361 g/mol. The van der Waals surface area contributed by atoms with E-state index in [1.807, 2.05) is 19.1 Å². The van der Waals surface area contributed by atoms with Crippen LogP contribution in [0.25, 0.3) is 0 Å². The van der Waals surface area contributed by atoms with Crippen LogP contribution < -0.4 is 15.6 Å². The highest BCUT2D eigenvalue weighted by molar-refractivity contribution is 5.99. The van der Waals surface area contributed by atoms with Crippen molar-refractivity contribution in [2.75, 3.05) is 0 Å². The molecule has 0 spiro atoms. The predicted molar refractivity (Wildman–Crippen MR) is 102 cm³/mol. The molecule has 0 radical (unpaired) electrons. The molecule has 3 aromatic rings. The van der Waals surface area contributed by atoms with Crippen molar-refractivity contribution in [3.63, 3.8) is 0 Å². The number of amides is 2. The maximum atomic E-state index is 12.2. The Morgan fingerprint density at radius 1 is 0.778 bits per heavy atom. The summed E-state index contributed by atoms with van der Waals surface area (Å²) in [5, 5.41) is 0. The normalized spacial score (nSPS) is 10.1. The third-order valence-corrected chi connectivity index (χ3v) is 3.92. The molecule has 27 heavy (non-hydrogen) atoms. The van der Waals surface area contributed by atoms with Gasteiger partial charge < -0.3 is 4.74 Å². The largest absolute Gasteiger partial charge is 0.457 e. The zero-order valence-electron chi connectivity index (χ0n) is 14.8. The lowest BCUT2D eigenvalue weighted by Gasteiger charge is -2.09. The van der Waals surface area contributed by atoms with Crippen LogP contribution in [-0.4, -0.2) is 16.8 Å². The molecule has 0 unspecified atom stereocenters. The van der Waals surface area contributed by atoms with Crippen LogP contribution in [0.4, 0.5) is 0 Å². The fourth-order valence-corrected chi connectivity index (χ4v) is 2.37. The number of aromatic nitrogens is 1. The second kappa shape index (κ2) is 8.62. The molecule has 136 valence electrons. The minimum atomic E-state index is -0.413. The summed E-state index contributed by atoms with van der Waals surface area (Å²) in [5.74, 6) is 0.467. The summed E-state index contributed by atoms with van der Waals surface area (Å²) < 4.78 is 5.65. The number of ether oxygens (including phenoxy) is 1. The Kier molecular flexibility index (Phi) is 5.79. The molecular weight excluding hydrogens is 342 g/mol. The molecule has 0 aliphatic heterocycles. The minimum Gasteiger partial charge on any atom is -0.457 e. The Morgan fingerprint density at radius 2 is 1.26 bits per heavy atom. The van der Waals surface area contributed by atoms with Gasteiger partial charge in [-0.05, 0) is 60.5 Å². The molecule has 1 heterocycles. The van der Waals surface area contributed by atoms with Crippen molar-refractivity contribution in [1.82, 2.24) is 15.8 Å². The van der Waals surface area contributed by atoms with E-state index in [-0.39, 0.29) is 5.91 Å². The molecular formula is C21H19N3O3. The van der Waals surface area contributed by atoms with E-state index in [0.717, 1.165) is 12.0 Å². The van der Waals surface area contributed by atoms with Crippen LogP contribution >= 0.6 is 0 Å². The quantitative estimate of drug-likeness (QED) is 0.682. The number of hydrogen-bond donors (Lipinski definition) is 2. The van der Waals surface area contributed by atoms with Gasteiger partial charge in [-0.25, -0.2) is 0 Å². The molecule has 0 saturated carbocycles. The summed E-state index contributed by atoms with van der Waals surface area (Å²) in [4.78, 5) is 28.2. The summed E-state index contributed by atoms with van der Waals surface area (Å²) in [6.07, 6.45) is 4.17. The van der Waals surface area contributed by atoms with Gasteiger partial charge in [-0.2, -0.15) is 0 Å². The van der Waals surface area contributed by atoms with Gasteiger partial charge in [0.1, 0.15) is 11.5 Å². The second-order valence-electron chi connectivity index (χ2n) is 5.77. The lowest BCUT2D eigenvalue weighted by Crippen LogP contribution is -2.41. The molecule has 3 rings (SSSR count). The molecule has 2 amide bonds. The van der Waals surface area contributed by atoms with Gasteiger partial charge in [-0.3, -0.25) is 25.4 Å². The van der Waals surface area contributed by atoms with Crippen molar-refractivity contribution < 1.29 is 14.3 Å². The highest BCUT2D eigenvalue weighted by Crippen LogP contribution is 2.20. The first kappa shape index (κ1) is 18.1. The Balaban J connectivity index is 1.55. The topological polar surface area (TPSA) is 80.3 Å². The van der Waals surface area contributed by atoms with Gasteiger partial charge in [0.25, 0.3) is 11.8 Å². The summed E-state index contributed by atoms with van der Waals surface area (Å²) in [5.41, 5.74) is 6.84. The average molecular weight is 361 g/mol. The van der Waals surface area contributed by atoms with Gasteiger partial charge >= 0.3 is 0 Å². The third kappa shape index (κ3) is 4.92. The number of aryl methyl sites for hydroxylation is 1. The molecule has 0 fully saturated rings. The molecule has 1 aromatic heterocycles. The zero-order valence-corrected chi connectivity index (χ0v) is 14.8. The van der Waals surface area contributed by atoms with E-state index in [2.05, 4.69) is 15.8 Å². The lowest BCUT2D eigenvalue weighted by molar-refractivity contribution is 0.0846. The third-order valence-electron chi connectivity index (χ3n) is 3.92. The van der Waals surface area contributed by atoms with E-state index >= 15 is 0 Å². The highest BCUT2D eigenvalue weighted by Gasteiger charge is 2.09. The molecule has 0 aliphatic carbocycles. The van der Waals surface area contributed by atoms with Crippen LogP contribution in [-0.2, 0) is 6.42 Å². The second-order valence-corrected chi connectivity index (χ2v) is 5.77. The highest BCUT2D eigenvalue weighted by atomic mass is 16.5. The van der Waals surface area contributed by atoms with Crippen LogP contribution in [0.15, 0.2) is 73.1 Å². The Morgan fingerprint density at radius 3 is 1.78 bits per heavy atom. The first-order chi connectivity index (χ1) is 13.2. The average Bonchev–Trinajstić information content (AvgIpc) is 2.73. The standard InChI is InChI=1S/C21H19N3O3/c1-2-15-3-5-16(6-4-15)20(25)23-24-21(26)17-7-9-18(10-8-17)27-19-11-13-22-14-12-19/h3-14H,2H2,1H3,(H,23,25)(H,24,26). The van der Waals surface area contributed by atoms with Gasteiger partial charge in [0.15, 0.2) is 0 Å². The van der Waals surface area contributed by atoms with E-state index in [1.54, 1.807) is 60.9 Å². The molecule has 0 saturated heterocycles. The molecule has 6 nitrogen and oxygen atoms in total. The van der Waals surface area contributed by atoms with E-state index in [9.17, 15) is 9.59 Å². The zero-order chi connectivity index (χ0) is 19.1. The maximum absolute atomic E-state index is 12.2. The van der Waals surface area contributed by atoms with Crippen molar-refractivity contribution in [2.45, 2.75) is 13.3 Å². The van der Waals surface area contributed by atoms with Gasteiger partial charge in [0.2, 0.25) is 0 Å². The molecule has 0 aliphatic rings. The van der Waals surface area contributed by atoms with Crippen molar-refractivity contribution in [1.29, 1.82) is 0 Å². The SMILES string of the molecule is CCc1ccc(C(=O)NNC(=O)c2ccc(Oc3ccncc3)cc2)cc1. The van der Waals surface area contributed by atoms with E-state index in [1.165, 1.54) is 0 Å². The Bertz CT molecular complexity index is 908. The van der Waals surface area contributed by atoms with E-state index < -0.39 is 5.91 Å². The molecule has 6 heteroatoms. The summed E-state index contributed by atoms with van der Waals surface area (Å²) in [7, 11) is 0.